The van der Waals surface area contributed by atoms with Gasteiger partial charge >= 0.3 is 0 Å². The van der Waals surface area contributed by atoms with E-state index >= 15 is 0 Å². The average molecular weight is 253 g/mol. The standard InChI is InChI=1S/C15H21F2N/c1-2-15(6-4-3-5-7-18-15)11-12-8-13(16)10-14(17)9-12/h8-10,18H,2-7,11H2,1H3. The zero-order valence-electron chi connectivity index (χ0n) is 10.9. The molecule has 1 aromatic carbocycles. The van der Waals surface area contributed by atoms with Gasteiger partial charge in [0.25, 0.3) is 0 Å². The van der Waals surface area contributed by atoms with E-state index in [9.17, 15) is 8.78 Å². The molecule has 1 atom stereocenters. The fraction of sp³-hybridized carbons (Fsp3) is 0.600. The lowest BCUT2D eigenvalue weighted by atomic mass is 9.84. The van der Waals surface area contributed by atoms with Crippen molar-refractivity contribution < 1.29 is 8.78 Å². The Morgan fingerprint density at radius 3 is 2.50 bits per heavy atom. The summed E-state index contributed by atoms with van der Waals surface area (Å²) in [5.74, 6) is -0.963. The molecule has 1 fully saturated rings. The van der Waals surface area contributed by atoms with Gasteiger partial charge in [-0.25, -0.2) is 8.78 Å². The van der Waals surface area contributed by atoms with Crippen molar-refractivity contribution in [3.63, 3.8) is 0 Å². The third-order valence-corrected chi connectivity index (χ3v) is 3.97. The molecule has 18 heavy (non-hydrogen) atoms. The summed E-state index contributed by atoms with van der Waals surface area (Å²) in [6.45, 7) is 3.15. The zero-order valence-corrected chi connectivity index (χ0v) is 10.9. The van der Waals surface area contributed by atoms with Crippen LogP contribution in [0, 0.1) is 11.6 Å². The van der Waals surface area contributed by atoms with E-state index < -0.39 is 11.6 Å². The Bertz CT molecular complexity index is 375. The molecular formula is C15H21F2N. The van der Waals surface area contributed by atoms with Crippen molar-refractivity contribution >= 4 is 0 Å². The van der Waals surface area contributed by atoms with Crippen LogP contribution in [0.15, 0.2) is 18.2 Å². The van der Waals surface area contributed by atoms with E-state index in [-0.39, 0.29) is 5.54 Å². The maximum absolute atomic E-state index is 13.2. The van der Waals surface area contributed by atoms with Crippen LogP contribution in [0.5, 0.6) is 0 Å². The summed E-state index contributed by atoms with van der Waals surface area (Å²) in [6.07, 6.45) is 6.41. The van der Waals surface area contributed by atoms with Gasteiger partial charge in [-0.3, -0.25) is 0 Å². The quantitative estimate of drug-likeness (QED) is 0.863. The van der Waals surface area contributed by atoms with Crippen LogP contribution in [0.1, 0.15) is 44.6 Å². The van der Waals surface area contributed by atoms with Gasteiger partial charge in [0.15, 0.2) is 0 Å². The molecule has 1 nitrogen and oxygen atoms in total. The van der Waals surface area contributed by atoms with E-state index in [0.717, 1.165) is 31.0 Å². The van der Waals surface area contributed by atoms with E-state index in [1.165, 1.54) is 31.4 Å². The van der Waals surface area contributed by atoms with Crippen LogP contribution >= 0.6 is 0 Å². The van der Waals surface area contributed by atoms with Crippen LogP contribution in [0.4, 0.5) is 8.78 Å². The SMILES string of the molecule is CCC1(Cc2cc(F)cc(F)c2)CCCCCN1. The summed E-state index contributed by atoms with van der Waals surface area (Å²) in [5, 5.41) is 3.59. The second kappa shape index (κ2) is 5.79. The van der Waals surface area contributed by atoms with Crippen molar-refractivity contribution in [1.82, 2.24) is 5.32 Å². The lowest BCUT2D eigenvalue weighted by Crippen LogP contribution is -2.46. The summed E-state index contributed by atoms with van der Waals surface area (Å²) < 4.78 is 26.5. The van der Waals surface area contributed by atoms with E-state index in [4.69, 9.17) is 0 Å². The Hall–Kier alpha value is -0.960. The second-order valence-electron chi connectivity index (χ2n) is 5.33. The van der Waals surface area contributed by atoms with Crippen molar-refractivity contribution in [1.29, 1.82) is 0 Å². The molecule has 100 valence electrons. The van der Waals surface area contributed by atoms with Crippen molar-refractivity contribution in [2.75, 3.05) is 6.54 Å². The largest absolute Gasteiger partial charge is 0.311 e. The lowest BCUT2D eigenvalue weighted by molar-refractivity contribution is 0.301. The maximum atomic E-state index is 13.2. The van der Waals surface area contributed by atoms with Gasteiger partial charge in [0, 0.05) is 11.6 Å². The number of benzene rings is 1. The van der Waals surface area contributed by atoms with Crippen LogP contribution < -0.4 is 5.32 Å². The van der Waals surface area contributed by atoms with Crippen molar-refractivity contribution in [3.05, 3.63) is 35.4 Å². The number of rotatable bonds is 3. The molecule has 1 N–H and O–H groups in total. The number of nitrogens with one attached hydrogen (secondary N) is 1. The summed E-state index contributed by atoms with van der Waals surface area (Å²) in [7, 11) is 0. The highest BCUT2D eigenvalue weighted by molar-refractivity contribution is 5.20. The summed E-state index contributed by atoms with van der Waals surface area (Å²) in [6, 6.07) is 3.84. The third kappa shape index (κ3) is 3.29. The highest BCUT2D eigenvalue weighted by atomic mass is 19.1. The zero-order chi connectivity index (χ0) is 13.0. The Labute approximate surface area is 108 Å². The number of hydrogen-bond acceptors (Lipinski definition) is 1. The maximum Gasteiger partial charge on any atom is 0.126 e. The third-order valence-electron chi connectivity index (χ3n) is 3.97. The Morgan fingerprint density at radius 2 is 1.83 bits per heavy atom. The second-order valence-corrected chi connectivity index (χ2v) is 5.33. The van der Waals surface area contributed by atoms with E-state index in [1.807, 2.05) is 0 Å². The minimum atomic E-state index is -0.482. The van der Waals surface area contributed by atoms with Crippen LogP contribution in [-0.2, 0) is 6.42 Å². The predicted octanol–water partition coefficient (Wildman–Crippen LogP) is 3.82. The van der Waals surface area contributed by atoms with Crippen molar-refractivity contribution in [3.8, 4) is 0 Å². The smallest absolute Gasteiger partial charge is 0.126 e. The van der Waals surface area contributed by atoms with Crippen molar-refractivity contribution in [2.45, 2.75) is 51.0 Å². The van der Waals surface area contributed by atoms with Gasteiger partial charge < -0.3 is 5.32 Å². The van der Waals surface area contributed by atoms with E-state index in [0.29, 0.717) is 6.42 Å². The normalized spacial score (nSPS) is 24.8. The van der Waals surface area contributed by atoms with Gasteiger partial charge in [-0.2, -0.15) is 0 Å². The lowest BCUT2D eigenvalue weighted by Gasteiger charge is -2.33. The van der Waals surface area contributed by atoms with Gasteiger partial charge in [0.1, 0.15) is 11.6 Å². The number of hydrogen-bond donors (Lipinski definition) is 1. The topological polar surface area (TPSA) is 12.0 Å². The first-order valence-electron chi connectivity index (χ1n) is 6.83. The fourth-order valence-corrected chi connectivity index (χ4v) is 2.89. The molecule has 1 aliphatic rings. The molecular weight excluding hydrogens is 232 g/mol. The van der Waals surface area contributed by atoms with Crippen LogP contribution in [0.3, 0.4) is 0 Å². The first kappa shape index (κ1) is 13.5. The fourth-order valence-electron chi connectivity index (χ4n) is 2.89. The van der Waals surface area contributed by atoms with E-state index in [1.54, 1.807) is 0 Å². The minimum absolute atomic E-state index is 0.0106. The summed E-state index contributed by atoms with van der Waals surface area (Å²) >= 11 is 0. The molecule has 0 radical (unpaired) electrons. The van der Waals surface area contributed by atoms with Gasteiger partial charge in [-0.05, 0) is 49.9 Å². The van der Waals surface area contributed by atoms with Crippen LogP contribution in [-0.4, -0.2) is 12.1 Å². The molecule has 0 aromatic heterocycles. The molecule has 0 aliphatic carbocycles. The molecule has 0 amide bonds. The molecule has 0 spiro atoms. The van der Waals surface area contributed by atoms with E-state index in [2.05, 4.69) is 12.2 Å². The molecule has 2 rings (SSSR count). The molecule has 3 heteroatoms. The molecule has 1 unspecified atom stereocenters. The highest BCUT2D eigenvalue weighted by Crippen LogP contribution is 2.27. The Balaban J connectivity index is 2.17. The number of halogens is 2. The summed E-state index contributed by atoms with van der Waals surface area (Å²) in [4.78, 5) is 0. The van der Waals surface area contributed by atoms with Crippen LogP contribution in [0.2, 0.25) is 0 Å². The minimum Gasteiger partial charge on any atom is -0.311 e. The van der Waals surface area contributed by atoms with Crippen molar-refractivity contribution in [2.24, 2.45) is 0 Å². The first-order chi connectivity index (χ1) is 8.63. The average Bonchev–Trinajstić information content (AvgIpc) is 2.54. The summed E-state index contributed by atoms with van der Waals surface area (Å²) in [5.41, 5.74) is 0.764. The molecule has 1 aliphatic heterocycles. The monoisotopic (exact) mass is 253 g/mol. The van der Waals surface area contributed by atoms with Crippen LogP contribution in [0.25, 0.3) is 0 Å². The Morgan fingerprint density at radius 1 is 1.11 bits per heavy atom. The molecule has 1 heterocycles. The van der Waals surface area contributed by atoms with Gasteiger partial charge in [-0.1, -0.05) is 19.8 Å². The van der Waals surface area contributed by atoms with Gasteiger partial charge in [-0.15, -0.1) is 0 Å². The molecule has 1 aromatic rings. The molecule has 1 saturated heterocycles. The molecule has 0 saturated carbocycles. The highest BCUT2D eigenvalue weighted by Gasteiger charge is 2.29. The van der Waals surface area contributed by atoms with Gasteiger partial charge in [0.2, 0.25) is 0 Å². The molecule has 0 bridgehead atoms. The predicted molar refractivity (Wildman–Crippen MR) is 69.6 cm³/mol. The Kier molecular flexibility index (Phi) is 4.33. The first-order valence-corrected chi connectivity index (χ1v) is 6.83. The van der Waals surface area contributed by atoms with Gasteiger partial charge in [0.05, 0.1) is 0 Å².